The molecule has 144 valence electrons. The zero-order chi connectivity index (χ0) is 18.2. The fourth-order valence-electron chi connectivity index (χ4n) is 3.93. The SMILES string of the molecule is COc1ccc(CCNC(N)=NCC2(N3CCCC3)CCOCC2)cc1. The minimum Gasteiger partial charge on any atom is -0.497 e. The van der Waals surface area contributed by atoms with Gasteiger partial charge in [-0.05, 0) is 62.9 Å². The topological polar surface area (TPSA) is 72.1 Å². The fraction of sp³-hybridized carbons (Fsp3) is 0.650. The van der Waals surface area contributed by atoms with E-state index in [-0.39, 0.29) is 5.54 Å². The zero-order valence-electron chi connectivity index (χ0n) is 15.9. The van der Waals surface area contributed by atoms with E-state index < -0.39 is 0 Å². The normalized spacial score (nSPS) is 20.9. The second-order valence-electron chi connectivity index (χ2n) is 7.26. The molecule has 2 saturated heterocycles. The summed E-state index contributed by atoms with van der Waals surface area (Å²) in [7, 11) is 1.68. The number of nitrogens with one attached hydrogen (secondary N) is 1. The standard InChI is InChI=1S/C20H32N4O2/c1-25-18-6-4-17(5-7-18)8-11-22-19(21)23-16-20(9-14-26-15-10-20)24-12-2-3-13-24/h4-7H,2-3,8-16H2,1H3,(H3,21,22,23). The van der Waals surface area contributed by atoms with Crippen molar-refractivity contribution < 1.29 is 9.47 Å². The van der Waals surface area contributed by atoms with E-state index >= 15 is 0 Å². The molecule has 0 unspecified atom stereocenters. The Morgan fingerprint density at radius 1 is 1.23 bits per heavy atom. The van der Waals surface area contributed by atoms with Gasteiger partial charge in [0.25, 0.3) is 0 Å². The maximum absolute atomic E-state index is 6.13. The molecule has 2 aliphatic rings. The van der Waals surface area contributed by atoms with Crippen molar-refractivity contribution in [2.24, 2.45) is 10.7 Å². The lowest BCUT2D eigenvalue weighted by molar-refractivity contribution is -0.0138. The van der Waals surface area contributed by atoms with E-state index in [1.54, 1.807) is 7.11 Å². The van der Waals surface area contributed by atoms with Gasteiger partial charge in [0.05, 0.1) is 13.7 Å². The second-order valence-corrected chi connectivity index (χ2v) is 7.26. The second kappa shape index (κ2) is 9.24. The molecule has 0 bridgehead atoms. The number of methoxy groups -OCH3 is 1. The van der Waals surface area contributed by atoms with Crippen molar-refractivity contribution in [2.75, 3.05) is 46.5 Å². The van der Waals surface area contributed by atoms with E-state index in [4.69, 9.17) is 15.2 Å². The van der Waals surface area contributed by atoms with Crippen LogP contribution in [0.25, 0.3) is 0 Å². The van der Waals surface area contributed by atoms with Gasteiger partial charge in [-0.1, -0.05) is 12.1 Å². The third-order valence-electron chi connectivity index (χ3n) is 5.62. The quantitative estimate of drug-likeness (QED) is 0.573. The van der Waals surface area contributed by atoms with E-state index in [0.717, 1.165) is 51.3 Å². The lowest BCUT2D eigenvalue weighted by atomic mass is 9.88. The number of ether oxygens (including phenoxy) is 2. The largest absolute Gasteiger partial charge is 0.497 e. The Morgan fingerprint density at radius 2 is 1.92 bits per heavy atom. The molecule has 1 aromatic rings. The first-order valence-electron chi connectivity index (χ1n) is 9.71. The summed E-state index contributed by atoms with van der Waals surface area (Å²) in [5.74, 6) is 1.43. The Balaban J connectivity index is 1.49. The highest BCUT2D eigenvalue weighted by Crippen LogP contribution is 2.31. The molecule has 0 aliphatic carbocycles. The van der Waals surface area contributed by atoms with Crippen LogP contribution in [0.3, 0.4) is 0 Å². The third-order valence-corrected chi connectivity index (χ3v) is 5.62. The van der Waals surface area contributed by atoms with Gasteiger partial charge in [0, 0.05) is 25.3 Å². The number of nitrogens with zero attached hydrogens (tertiary/aromatic N) is 2. The van der Waals surface area contributed by atoms with Crippen molar-refractivity contribution in [3.63, 3.8) is 0 Å². The van der Waals surface area contributed by atoms with Gasteiger partial charge in [-0.2, -0.15) is 0 Å². The first kappa shape index (κ1) is 19.0. The molecule has 0 amide bonds. The van der Waals surface area contributed by atoms with Crippen LogP contribution in [0.5, 0.6) is 5.75 Å². The highest BCUT2D eigenvalue weighted by atomic mass is 16.5. The van der Waals surface area contributed by atoms with Crippen LogP contribution in [0.4, 0.5) is 0 Å². The third kappa shape index (κ3) is 4.89. The highest BCUT2D eigenvalue weighted by molar-refractivity contribution is 5.77. The van der Waals surface area contributed by atoms with E-state index in [2.05, 4.69) is 27.3 Å². The first-order chi connectivity index (χ1) is 12.7. The van der Waals surface area contributed by atoms with Crippen molar-refractivity contribution in [3.8, 4) is 5.75 Å². The molecule has 2 fully saturated rings. The maximum Gasteiger partial charge on any atom is 0.188 e. The predicted molar refractivity (Wildman–Crippen MR) is 105 cm³/mol. The summed E-state index contributed by atoms with van der Waals surface area (Å²) in [6.07, 6.45) is 5.60. The van der Waals surface area contributed by atoms with E-state index in [1.165, 1.54) is 31.5 Å². The number of aliphatic imine (C=N–C) groups is 1. The summed E-state index contributed by atoms with van der Waals surface area (Å²) >= 11 is 0. The van der Waals surface area contributed by atoms with Gasteiger partial charge in [0.15, 0.2) is 5.96 Å². The number of hydrogen-bond donors (Lipinski definition) is 2. The molecule has 0 radical (unpaired) electrons. The molecule has 6 nitrogen and oxygen atoms in total. The van der Waals surface area contributed by atoms with Gasteiger partial charge < -0.3 is 20.5 Å². The average molecular weight is 361 g/mol. The summed E-state index contributed by atoms with van der Waals surface area (Å²) in [4.78, 5) is 7.30. The number of guanidine groups is 1. The molecule has 3 N–H and O–H groups in total. The molecular weight excluding hydrogens is 328 g/mol. The monoisotopic (exact) mass is 360 g/mol. The molecule has 2 heterocycles. The molecule has 0 saturated carbocycles. The van der Waals surface area contributed by atoms with Crippen LogP contribution in [0.1, 0.15) is 31.2 Å². The average Bonchev–Trinajstić information content (AvgIpc) is 3.23. The Morgan fingerprint density at radius 3 is 2.58 bits per heavy atom. The van der Waals surface area contributed by atoms with Gasteiger partial charge >= 0.3 is 0 Å². The van der Waals surface area contributed by atoms with Crippen LogP contribution >= 0.6 is 0 Å². The molecule has 0 spiro atoms. The Labute approximate surface area is 156 Å². The van der Waals surface area contributed by atoms with Crippen molar-refractivity contribution in [3.05, 3.63) is 29.8 Å². The van der Waals surface area contributed by atoms with Crippen LogP contribution < -0.4 is 15.8 Å². The van der Waals surface area contributed by atoms with Crippen LogP contribution in [0.2, 0.25) is 0 Å². The van der Waals surface area contributed by atoms with E-state index in [1.807, 2.05) is 12.1 Å². The van der Waals surface area contributed by atoms with E-state index in [0.29, 0.717) is 5.96 Å². The molecule has 3 rings (SSSR count). The number of benzene rings is 1. The zero-order valence-corrected chi connectivity index (χ0v) is 15.9. The smallest absolute Gasteiger partial charge is 0.188 e. The number of nitrogens with two attached hydrogens (primary N) is 1. The Bertz CT molecular complexity index is 576. The molecule has 1 aromatic carbocycles. The minimum absolute atomic E-state index is 0.136. The van der Waals surface area contributed by atoms with Gasteiger partial charge in [0.1, 0.15) is 5.75 Å². The summed E-state index contributed by atoms with van der Waals surface area (Å²) < 4.78 is 10.8. The van der Waals surface area contributed by atoms with Crippen LogP contribution in [-0.2, 0) is 11.2 Å². The van der Waals surface area contributed by atoms with Crippen molar-refractivity contribution in [1.82, 2.24) is 10.2 Å². The maximum atomic E-state index is 6.13. The highest BCUT2D eigenvalue weighted by Gasteiger charge is 2.39. The van der Waals surface area contributed by atoms with E-state index in [9.17, 15) is 0 Å². The molecule has 26 heavy (non-hydrogen) atoms. The van der Waals surface area contributed by atoms with Crippen molar-refractivity contribution in [1.29, 1.82) is 0 Å². The summed E-state index contributed by atoms with van der Waals surface area (Å²) in [6, 6.07) is 8.13. The van der Waals surface area contributed by atoms with Crippen molar-refractivity contribution >= 4 is 5.96 Å². The van der Waals surface area contributed by atoms with Crippen LogP contribution in [0.15, 0.2) is 29.3 Å². The minimum atomic E-state index is 0.136. The van der Waals surface area contributed by atoms with Crippen LogP contribution in [0, 0.1) is 0 Å². The number of hydrogen-bond acceptors (Lipinski definition) is 4. The van der Waals surface area contributed by atoms with Gasteiger partial charge in [-0.15, -0.1) is 0 Å². The summed E-state index contributed by atoms with van der Waals surface area (Å²) in [6.45, 7) is 5.56. The molecule has 0 atom stereocenters. The van der Waals surface area contributed by atoms with Crippen LogP contribution in [-0.4, -0.2) is 62.9 Å². The Hall–Kier alpha value is -1.79. The van der Waals surface area contributed by atoms with Crippen molar-refractivity contribution in [2.45, 2.75) is 37.6 Å². The molecule has 6 heteroatoms. The molecule has 0 aromatic heterocycles. The van der Waals surface area contributed by atoms with Gasteiger partial charge in [0.2, 0.25) is 0 Å². The predicted octanol–water partition coefficient (Wildman–Crippen LogP) is 1.79. The van der Waals surface area contributed by atoms with Gasteiger partial charge in [-0.3, -0.25) is 9.89 Å². The van der Waals surface area contributed by atoms with Gasteiger partial charge in [-0.25, -0.2) is 0 Å². The first-order valence-corrected chi connectivity index (χ1v) is 9.71. The Kier molecular flexibility index (Phi) is 6.74. The fourth-order valence-corrected chi connectivity index (χ4v) is 3.93. The number of rotatable bonds is 7. The lowest BCUT2D eigenvalue weighted by Crippen LogP contribution is -2.53. The number of likely N-dealkylation sites (tertiary alicyclic amines) is 1. The summed E-state index contributed by atoms with van der Waals surface area (Å²) in [5.41, 5.74) is 7.52. The lowest BCUT2D eigenvalue weighted by Gasteiger charge is -2.43. The molecular formula is C20H32N4O2. The molecule has 2 aliphatic heterocycles. The summed E-state index contributed by atoms with van der Waals surface area (Å²) in [5, 5.41) is 3.25.